The van der Waals surface area contributed by atoms with Crippen molar-refractivity contribution >= 4 is 25.4 Å². The van der Waals surface area contributed by atoms with Gasteiger partial charge in [0.25, 0.3) is 0 Å². The van der Waals surface area contributed by atoms with Crippen LogP contribution in [-0.4, -0.2) is 36.0 Å². The number of rotatable bonds is 6. The van der Waals surface area contributed by atoms with Crippen molar-refractivity contribution in [2.24, 2.45) is 0 Å². The molecular weight excluding hydrogens is 327 g/mol. The minimum absolute atomic E-state index is 0.0238. The Balaban J connectivity index is 2.19. The van der Waals surface area contributed by atoms with Gasteiger partial charge < -0.3 is 4.74 Å². The summed E-state index contributed by atoms with van der Waals surface area (Å²) in [5, 5.41) is 8.00. The normalized spacial score (nSPS) is 12.8. The highest BCUT2D eigenvalue weighted by Crippen LogP contribution is 2.32. The van der Waals surface area contributed by atoms with Crippen LogP contribution in [0.15, 0.2) is 12.1 Å². The van der Waals surface area contributed by atoms with E-state index in [1.54, 1.807) is 0 Å². The van der Waals surface area contributed by atoms with Crippen molar-refractivity contribution in [3.63, 3.8) is 0 Å². The maximum Gasteiger partial charge on any atom is 0.416 e. The van der Waals surface area contributed by atoms with Gasteiger partial charge in [0, 0.05) is 20.2 Å². The molecule has 2 aromatic rings. The third-order valence-corrected chi connectivity index (χ3v) is 4.92. The van der Waals surface area contributed by atoms with Crippen molar-refractivity contribution in [3.05, 3.63) is 23.3 Å². The van der Waals surface area contributed by atoms with E-state index in [2.05, 4.69) is 29.8 Å². The highest BCUT2D eigenvalue weighted by Gasteiger charge is 2.32. The fourth-order valence-corrected chi connectivity index (χ4v) is 2.68. The molecule has 23 heavy (non-hydrogen) atoms. The van der Waals surface area contributed by atoms with Crippen molar-refractivity contribution in [2.45, 2.75) is 38.6 Å². The first-order valence-electron chi connectivity index (χ1n) is 7.09. The second-order valence-corrected chi connectivity index (χ2v) is 12.1. The summed E-state index contributed by atoms with van der Waals surface area (Å²) in [6.45, 7) is 7.23. The van der Waals surface area contributed by atoms with E-state index in [9.17, 15) is 18.0 Å². The maximum atomic E-state index is 12.8. The summed E-state index contributed by atoms with van der Waals surface area (Å²) >= 11 is 0. The maximum absolute atomic E-state index is 12.8. The molecule has 1 heterocycles. The lowest BCUT2D eigenvalue weighted by molar-refractivity contribution is -0.137. The van der Waals surface area contributed by atoms with Gasteiger partial charge in [-0.3, -0.25) is 4.79 Å². The summed E-state index contributed by atoms with van der Waals surface area (Å²) in [7, 11) is -1.22. The minimum Gasteiger partial charge on any atom is -0.358 e. The van der Waals surface area contributed by atoms with Crippen molar-refractivity contribution < 1.29 is 22.7 Å². The number of hydrogen-bond acceptors (Lipinski definition) is 4. The smallest absolute Gasteiger partial charge is 0.358 e. The number of hydrogen-bond donors (Lipinski definition) is 0. The standard InChI is InChI=1S/C14H18F3N3O2Si/c1-23(2,3)5-4-22-9-20-18-12-7-11(14(15,16)17)6-10(8-21)13(12)19-20/h6-8H,4-5,9H2,1-3H3. The zero-order valence-electron chi connectivity index (χ0n) is 13.1. The number of halogens is 3. The first-order valence-corrected chi connectivity index (χ1v) is 10.8. The van der Waals surface area contributed by atoms with Crippen LogP contribution in [0.25, 0.3) is 11.0 Å². The number of carbonyl (C=O) groups is 1. The van der Waals surface area contributed by atoms with Gasteiger partial charge in [0.1, 0.15) is 11.0 Å². The molecule has 0 saturated carbocycles. The molecule has 9 heteroatoms. The van der Waals surface area contributed by atoms with Crippen molar-refractivity contribution in [2.75, 3.05) is 6.61 Å². The summed E-state index contributed by atoms with van der Waals surface area (Å²) in [6, 6.07) is 2.62. The van der Waals surface area contributed by atoms with Gasteiger partial charge >= 0.3 is 6.18 Å². The fraction of sp³-hybridized carbons (Fsp3) is 0.500. The lowest BCUT2D eigenvalue weighted by atomic mass is 10.1. The fourth-order valence-electron chi connectivity index (χ4n) is 1.92. The Hall–Kier alpha value is -1.74. The predicted molar refractivity (Wildman–Crippen MR) is 82.0 cm³/mol. The lowest BCUT2D eigenvalue weighted by Crippen LogP contribution is -2.22. The molecule has 0 N–H and O–H groups in total. The lowest BCUT2D eigenvalue weighted by Gasteiger charge is -2.14. The second-order valence-electron chi connectivity index (χ2n) is 6.47. The zero-order chi connectivity index (χ0) is 17.3. The van der Waals surface area contributed by atoms with Crippen LogP contribution in [0, 0.1) is 0 Å². The van der Waals surface area contributed by atoms with Gasteiger partial charge in [-0.15, -0.1) is 0 Å². The highest BCUT2D eigenvalue weighted by atomic mass is 28.3. The number of ether oxygens (including phenoxy) is 1. The van der Waals surface area contributed by atoms with Crippen LogP contribution >= 0.6 is 0 Å². The molecule has 0 radical (unpaired) electrons. The van der Waals surface area contributed by atoms with E-state index in [0.717, 1.165) is 18.2 Å². The van der Waals surface area contributed by atoms with Crippen molar-refractivity contribution in [1.29, 1.82) is 0 Å². The van der Waals surface area contributed by atoms with E-state index in [4.69, 9.17) is 4.74 Å². The van der Waals surface area contributed by atoms with Gasteiger partial charge in [0.15, 0.2) is 13.0 Å². The molecule has 126 valence electrons. The Morgan fingerprint density at radius 3 is 2.52 bits per heavy atom. The molecule has 0 unspecified atom stereocenters. The summed E-state index contributed by atoms with van der Waals surface area (Å²) in [6.07, 6.45) is -4.19. The van der Waals surface area contributed by atoms with Crippen LogP contribution in [0.3, 0.4) is 0 Å². The molecule has 5 nitrogen and oxygen atoms in total. The van der Waals surface area contributed by atoms with Gasteiger partial charge in [-0.2, -0.15) is 28.2 Å². The molecule has 0 aliphatic carbocycles. The van der Waals surface area contributed by atoms with E-state index in [-0.39, 0.29) is 23.3 Å². The van der Waals surface area contributed by atoms with E-state index in [0.29, 0.717) is 12.9 Å². The molecule has 0 aliphatic rings. The molecule has 2 rings (SSSR count). The number of aldehydes is 1. The van der Waals surface area contributed by atoms with Crippen LogP contribution in [0.5, 0.6) is 0 Å². The Morgan fingerprint density at radius 2 is 1.96 bits per heavy atom. The molecule has 0 bridgehead atoms. The Kier molecular flexibility index (Phi) is 4.90. The van der Waals surface area contributed by atoms with Crippen LogP contribution < -0.4 is 0 Å². The zero-order valence-corrected chi connectivity index (χ0v) is 14.1. The topological polar surface area (TPSA) is 57.0 Å². The first-order chi connectivity index (χ1) is 10.6. The molecule has 0 fully saturated rings. The third kappa shape index (κ3) is 4.61. The summed E-state index contributed by atoms with van der Waals surface area (Å²) in [5.41, 5.74) is -0.889. The van der Waals surface area contributed by atoms with Gasteiger partial charge in [0.05, 0.1) is 5.56 Å². The van der Waals surface area contributed by atoms with Gasteiger partial charge in [-0.1, -0.05) is 19.6 Å². The van der Waals surface area contributed by atoms with Crippen LogP contribution in [0.4, 0.5) is 13.2 Å². The summed E-state index contributed by atoms with van der Waals surface area (Å²) in [5.74, 6) is 0. The predicted octanol–water partition coefficient (Wildman–Crippen LogP) is 3.57. The highest BCUT2D eigenvalue weighted by molar-refractivity contribution is 6.76. The molecule has 1 aromatic heterocycles. The second kappa shape index (κ2) is 6.40. The number of benzene rings is 1. The molecule has 0 spiro atoms. The average Bonchev–Trinajstić information content (AvgIpc) is 2.83. The van der Waals surface area contributed by atoms with Gasteiger partial charge in [-0.25, -0.2) is 0 Å². The quantitative estimate of drug-likeness (QED) is 0.456. The molecule has 0 aliphatic heterocycles. The number of alkyl halides is 3. The summed E-state index contributed by atoms with van der Waals surface area (Å²) in [4.78, 5) is 12.2. The number of carbonyl (C=O) groups excluding carboxylic acids is 1. The van der Waals surface area contributed by atoms with E-state index in [1.807, 2.05) is 0 Å². The average molecular weight is 345 g/mol. The van der Waals surface area contributed by atoms with Crippen molar-refractivity contribution in [3.8, 4) is 0 Å². The number of aromatic nitrogens is 3. The van der Waals surface area contributed by atoms with Crippen molar-refractivity contribution in [1.82, 2.24) is 15.0 Å². The third-order valence-electron chi connectivity index (χ3n) is 3.22. The molecule has 0 atom stereocenters. The first kappa shape index (κ1) is 17.6. The SMILES string of the molecule is C[Si](C)(C)CCOCn1nc2cc(C(F)(F)F)cc(C=O)c2n1. The molecule has 1 aromatic carbocycles. The van der Waals surface area contributed by atoms with Crippen LogP contribution in [-0.2, 0) is 17.6 Å². The van der Waals surface area contributed by atoms with E-state index in [1.165, 1.54) is 4.80 Å². The van der Waals surface area contributed by atoms with E-state index >= 15 is 0 Å². The molecule has 0 amide bonds. The van der Waals surface area contributed by atoms with Crippen LogP contribution in [0.1, 0.15) is 15.9 Å². The Bertz CT molecular complexity index is 708. The summed E-state index contributed by atoms with van der Waals surface area (Å²) < 4.78 is 43.9. The number of nitrogens with zero attached hydrogens (tertiary/aromatic N) is 3. The minimum atomic E-state index is -4.54. The molecular formula is C14H18F3N3O2Si. The van der Waals surface area contributed by atoms with Crippen LogP contribution in [0.2, 0.25) is 25.7 Å². The Morgan fingerprint density at radius 1 is 1.26 bits per heavy atom. The monoisotopic (exact) mass is 345 g/mol. The van der Waals surface area contributed by atoms with Gasteiger partial charge in [0.2, 0.25) is 0 Å². The van der Waals surface area contributed by atoms with E-state index < -0.39 is 19.8 Å². The number of fused-ring (bicyclic) bond motifs is 1. The Labute approximate surface area is 132 Å². The molecule has 0 saturated heterocycles. The van der Waals surface area contributed by atoms with Gasteiger partial charge in [-0.05, 0) is 18.2 Å². The largest absolute Gasteiger partial charge is 0.416 e.